The van der Waals surface area contributed by atoms with Crippen LogP contribution in [-0.2, 0) is 0 Å². The van der Waals surface area contributed by atoms with Gasteiger partial charge in [-0.05, 0) is 25.0 Å². The van der Waals surface area contributed by atoms with Gasteiger partial charge >= 0.3 is 0 Å². The van der Waals surface area contributed by atoms with Crippen LogP contribution in [0.2, 0.25) is 0 Å². The first-order valence-electron chi connectivity index (χ1n) is 6.62. The summed E-state index contributed by atoms with van der Waals surface area (Å²) in [6, 6.07) is 7.73. The number of anilines is 1. The Kier molecular flexibility index (Phi) is 3.00. The Hall–Kier alpha value is -1.84. The number of nitrogens with one attached hydrogen (secondary N) is 1. The second-order valence-corrected chi connectivity index (χ2v) is 4.97. The molecule has 0 unspecified atom stereocenters. The molecule has 0 atom stereocenters. The van der Waals surface area contributed by atoms with Crippen LogP contribution in [0.1, 0.15) is 43.8 Å². The van der Waals surface area contributed by atoms with Crippen LogP contribution in [0.5, 0.6) is 0 Å². The van der Waals surface area contributed by atoms with Crippen molar-refractivity contribution in [3.63, 3.8) is 0 Å². The molecular formula is C14H18N4. The molecule has 18 heavy (non-hydrogen) atoms. The lowest BCUT2D eigenvalue weighted by molar-refractivity contribution is 0.429. The maximum atomic E-state index is 5.95. The lowest BCUT2D eigenvalue weighted by Crippen LogP contribution is -2.06. The van der Waals surface area contributed by atoms with Crippen LogP contribution in [0, 0.1) is 0 Å². The van der Waals surface area contributed by atoms with E-state index in [0.717, 1.165) is 17.1 Å². The predicted molar refractivity (Wildman–Crippen MR) is 72.1 cm³/mol. The van der Waals surface area contributed by atoms with Crippen molar-refractivity contribution in [2.75, 3.05) is 5.73 Å². The van der Waals surface area contributed by atoms with Gasteiger partial charge < -0.3 is 5.73 Å². The fraction of sp³-hybridized carbons (Fsp3) is 0.429. The van der Waals surface area contributed by atoms with Crippen LogP contribution in [0.25, 0.3) is 11.4 Å². The molecule has 4 heteroatoms. The summed E-state index contributed by atoms with van der Waals surface area (Å²) < 4.78 is 0. The molecule has 0 spiro atoms. The number of para-hydroxylation sites is 1. The third-order valence-electron chi connectivity index (χ3n) is 3.70. The normalized spacial score (nSPS) is 16.9. The zero-order valence-corrected chi connectivity index (χ0v) is 10.4. The molecule has 3 rings (SSSR count). The fourth-order valence-corrected chi connectivity index (χ4v) is 2.65. The molecule has 1 aromatic carbocycles. The molecule has 0 bridgehead atoms. The summed E-state index contributed by atoms with van der Waals surface area (Å²) in [6.07, 6.45) is 6.39. The van der Waals surface area contributed by atoms with E-state index in [0.29, 0.717) is 11.7 Å². The van der Waals surface area contributed by atoms with Gasteiger partial charge in [0, 0.05) is 17.2 Å². The molecule has 1 heterocycles. The highest BCUT2D eigenvalue weighted by Crippen LogP contribution is 2.31. The lowest BCUT2D eigenvalue weighted by atomic mass is 9.89. The lowest BCUT2D eigenvalue weighted by Gasteiger charge is -2.18. The molecule has 1 aliphatic carbocycles. The van der Waals surface area contributed by atoms with Crippen LogP contribution in [0.15, 0.2) is 24.3 Å². The molecule has 1 aromatic heterocycles. The monoisotopic (exact) mass is 242 g/mol. The number of benzene rings is 1. The van der Waals surface area contributed by atoms with Gasteiger partial charge in [-0.1, -0.05) is 31.4 Å². The molecule has 0 radical (unpaired) electrons. The average molecular weight is 242 g/mol. The average Bonchev–Trinajstić information content (AvgIpc) is 2.90. The van der Waals surface area contributed by atoms with Crippen molar-refractivity contribution in [2.24, 2.45) is 0 Å². The van der Waals surface area contributed by atoms with E-state index in [1.807, 2.05) is 24.3 Å². The number of nitrogen functional groups attached to an aromatic ring is 1. The summed E-state index contributed by atoms with van der Waals surface area (Å²) in [6.45, 7) is 0. The first-order chi connectivity index (χ1) is 8.84. The van der Waals surface area contributed by atoms with E-state index >= 15 is 0 Å². The minimum atomic E-state index is 0.546. The summed E-state index contributed by atoms with van der Waals surface area (Å²) >= 11 is 0. The first kappa shape index (κ1) is 11.3. The van der Waals surface area contributed by atoms with Crippen molar-refractivity contribution >= 4 is 5.69 Å². The Labute approximate surface area is 107 Å². The summed E-state index contributed by atoms with van der Waals surface area (Å²) in [5, 5.41) is 7.39. The molecule has 0 aliphatic heterocycles. The van der Waals surface area contributed by atoms with Gasteiger partial charge in [-0.25, -0.2) is 4.98 Å². The van der Waals surface area contributed by atoms with Crippen LogP contribution >= 0.6 is 0 Å². The van der Waals surface area contributed by atoms with Crippen molar-refractivity contribution in [2.45, 2.75) is 38.0 Å². The molecule has 2 aromatic rings. The molecule has 94 valence electrons. The Balaban J connectivity index is 1.87. The summed E-state index contributed by atoms with van der Waals surface area (Å²) in [5.41, 5.74) is 7.59. The fourth-order valence-electron chi connectivity index (χ4n) is 2.65. The summed E-state index contributed by atoms with van der Waals surface area (Å²) in [7, 11) is 0. The third kappa shape index (κ3) is 2.10. The van der Waals surface area contributed by atoms with Crippen LogP contribution < -0.4 is 5.73 Å². The Morgan fingerprint density at radius 1 is 1.11 bits per heavy atom. The highest BCUT2D eigenvalue weighted by atomic mass is 15.2. The van der Waals surface area contributed by atoms with Gasteiger partial charge in [0.2, 0.25) is 0 Å². The third-order valence-corrected chi connectivity index (χ3v) is 3.70. The number of H-pyrrole nitrogens is 1. The molecule has 0 saturated heterocycles. The zero-order valence-electron chi connectivity index (χ0n) is 10.4. The maximum Gasteiger partial charge on any atom is 0.183 e. The van der Waals surface area contributed by atoms with Crippen molar-refractivity contribution in [3.05, 3.63) is 30.1 Å². The van der Waals surface area contributed by atoms with Crippen LogP contribution in [0.3, 0.4) is 0 Å². The molecule has 1 saturated carbocycles. The first-order valence-corrected chi connectivity index (χ1v) is 6.62. The van der Waals surface area contributed by atoms with Gasteiger partial charge in [0.25, 0.3) is 0 Å². The number of rotatable bonds is 2. The minimum absolute atomic E-state index is 0.546. The molecule has 3 N–H and O–H groups in total. The smallest absolute Gasteiger partial charge is 0.183 e. The van der Waals surface area contributed by atoms with Crippen molar-refractivity contribution in [1.82, 2.24) is 15.2 Å². The van der Waals surface area contributed by atoms with Gasteiger partial charge in [0.15, 0.2) is 5.82 Å². The van der Waals surface area contributed by atoms with Crippen molar-refractivity contribution < 1.29 is 0 Å². The van der Waals surface area contributed by atoms with Gasteiger partial charge in [-0.3, -0.25) is 5.10 Å². The maximum absolute atomic E-state index is 5.95. The van der Waals surface area contributed by atoms with Crippen molar-refractivity contribution in [3.8, 4) is 11.4 Å². The molecule has 4 nitrogen and oxygen atoms in total. The van der Waals surface area contributed by atoms with Gasteiger partial charge in [0.1, 0.15) is 5.82 Å². The summed E-state index contributed by atoms with van der Waals surface area (Å²) in [5.74, 6) is 2.28. The van der Waals surface area contributed by atoms with E-state index in [1.54, 1.807) is 0 Å². The highest BCUT2D eigenvalue weighted by molar-refractivity contribution is 5.70. The van der Waals surface area contributed by atoms with E-state index < -0.39 is 0 Å². The van der Waals surface area contributed by atoms with E-state index in [4.69, 9.17) is 5.73 Å². The van der Waals surface area contributed by atoms with E-state index in [-0.39, 0.29) is 0 Å². The second-order valence-electron chi connectivity index (χ2n) is 4.97. The number of nitrogens with two attached hydrogens (primary N) is 1. The standard InChI is InChI=1S/C14H18N4/c15-12-9-5-4-8-11(12)14-16-13(17-18-14)10-6-2-1-3-7-10/h4-5,8-10H,1-3,6-7,15H2,(H,16,17,18). The van der Waals surface area contributed by atoms with E-state index in [1.165, 1.54) is 32.1 Å². The second kappa shape index (κ2) is 4.80. The largest absolute Gasteiger partial charge is 0.398 e. The Bertz CT molecular complexity index is 526. The molecule has 1 aliphatic rings. The molecule has 0 amide bonds. The topological polar surface area (TPSA) is 67.6 Å². The van der Waals surface area contributed by atoms with Crippen LogP contribution in [0.4, 0.5) is 5.69 Å². The Morgan fingerprint density at radius 3 is 2.67 bits per heavy atom. The van der Waals surface area contributed by atoms with Gasteiger partial charge in [-0.15, -0.1) is 0 Å². The zero-order chi connectivity index (χ0) is 12.4. The Morgan fingerprint density at radius 2 is 1.89 bits per heavy atom. The number of aromatic amines is 1. The predicted octanol–water partition coefficient (Wildman–Crippen LogP) is 3.10. The number of hydrogen-bond donors (Lipinski definition) is 2. The van der Waals surface area contributed by atoms with Crippen LogP contribution in [-0.4, -0.2) is 15.2 Å². The quantitative estimate of drug-likeness (QED) is 0.795. The SMILES string of the molecule is Nc1ccccc1-c1n[nH]c(C2CCCCC2)n1. The van der Waals surface area contributed by atoms with E-state index in [2.05, 4.69) is 15.2 Å². The summed E-state index contributed by atoms with van der Waals surface area (Å²) in [4.78, 5) is 4.62. The van der Waals surface area contributed by atoms with Crippen molar-refractivity contribution in [1.29, 1.82) is 0 Å². The number of nitrogens with zero attached hydrogens (tertiary/aromatic N) is 2. The molecular weight excluding hydrogens is 224 g/mol. The number of hydrogen-bond acceptors (Lipinski definition) is 3. The number of aromatic nitrogens is 3. The molecule has 1 fully saturated rings. The van der Waals surface area contributed by atoms with Gasteiger partial charge in [-0.2, -0.15) is 5.10 Å². The van der Waals surface area contributed by atoms with Gasteiger partial charge in [0.05, 0.1) is 0 Å². The highest BCUT2D eigenvalue weighted by Gasteiger charge is 2.19. The minimum Gasteiger partial charge on any atom is -0.398 e. The van der Waals surface area contributed by atoms with E-state index in [9.17, 15) is 0 Å².